The Morgan fingerprint density at radius 3 is 2.65 bits per heavy atom. The maximum Gasteiger partial charge on any atom is 0.265 e. The molecule has 3 rings (SSSR count). The number of benzene rings is 1. The Labute approximate surface area is 113 Å². The molecule has 0 aliphatic heterocycles. The molecule has 2 heterocycles. The van der Waals surface area contributed by atoms with Crippen molar-refractivity contribution in [3.05, 3.63) is 55.8 Å². The summed E-state index contributed by atoms with van der Waals surface area (Å²) in [6, 6.07) is 9.18. The second kappa shape index (κ2) is 3.92. The van der Waals surface area contributed by atoms with Crippen molar-refractivity contribution in [3.63, 3.8) is 0 Å². The first-order chi connectivity index (χ1) is 8.15. The molecule has 0 atom stereocenters. The van der Waals surface area contributed by atoms with Gasteiger partial charge in [-0.2, -0.15) is 0 Å². The summed E-state index contributed by atoms with van der Waals surface area (Å²) in [5.74, 6) is 0. The molecule has 17 heavy (non-hydrogen) atoms. The molecule has 0 fully saturated rings. The highest BCUT2D eigenvalue weighted by atomic mass is 79.9. The van der Waals surface area contributed by atoms with Crippen LogP contribution < -0.4 is 5.56 Å². The van der Waals surface area contributed by atoms with E-state index in [-0.39, 0.29) is 5.56 Å². The number of pyridine rings is 1. The van der Waals surface area contributed by atoms with Crippen LogP contribution >= 0.6 is 31.9 Å². The third-order valence-electron chi connectivity index (χ3n) is 2.53. The highest BCUT2D eigenvalue weighted by Gasteiger charge is 2.05. The molecule has 0 aliphatic rings. The summed E-state index contributed by atoms with van der Waals surface area (Å²) in [4.78, 5) is 16.7. The molecule has 3 nitrogen and oxygen atoms in total. The summed E-state index contributed by atoms with van der Waals surface area (Å²) >= 11 is 6.71. The number of aromatic nitrogens is 2. The van der Waals surface area contributed by atoms with Gasteiger partial charge in [0.25, 0.3) is 5.56 Å². The fourth-order valence-electron chi connectivity index (χ4n) is 1.75. The van der Waals surface area contributed by atoms with Crippen LogP contribution in [0, 0.1) is 0 Å². The number of fused-ring (bicyclic) bond motifs is 2. The first-order valence-electron chi connectivity index (χ1n) is 4.92. The van der Waals surface area contributed by atoms with Crippen LogP contribution in [0.5, 0.6) is 0 Å². The molecule has 1 aromatic carbocycles. The van der Waals surface area contributed by atoms with Crippen molar-refractivity contribution in [1.82, 2.24) is 9.38 Å². The molecule has 0 unspecified atom stereocenters. The second-order valence-electron chi connectivity index (χ2n) is 3.65. The van der Waals surface area contributed by atoms with E-state index >= 15 is 0 Å². The highest BCUT2D eigenvalue weighted by molar-refractivity contribution is 9.10. The van der Waals surface area contributed by atoms with Crippen LogP contribution in [0.2, 0.25) is 0 Å². The summed E-state index contributed by atoms with van der Waals surface area (Å²) in [6.07, 6.45) is 1.73. The molecule has 5 heteroatoms. The quantitative estimate of drug-likeness (QED) is 0.581. The standard InChI is InChI=1S/C12H6Br2N2O/c13-7-1-3-10-9(5-7)12(17)16-6-8(14)2-4-11(16)15-10/h1-6H. The molecule has 0 saturated carbocycles. The van der Waals surface area contributed by atoms with Crippen LogP contribution in [-0.4, -0.2) is 9.38 Å². The smallest absolute Gasteiger partial charge is 0.265 e. The van der Waals surface area contributed by atoms with Gasteiger partial charge in [-0.15, -0.1) is 0 Å². The molecule has 0 aliphatic carbocycles. The largest absolute Gasteiger partial charge is 0.268 e. The Bertz CT molecular complexity index is 732. The number of rotatable bonds is 0. The summed E-state index contributed by atoms with van der Waals surface area (Å²) in [7, 11) is 0. The van der Waals surface area contributed by atoms with Crippen molar-refractivity contribution in [3.8, 4) is 0 Å². The lowest BCUT2D eigenvalue weighted by Gasteiger charge is -2.03. The third kappa shape index (κ3) is 1.79. The maximum absolute atomic E-state index is 12.3. The van der Waals surface area contributed by atoms with E-state index in [1.165, 1.54) is 0 Å². The van der Waals surface area contributed by atoms with E-state index in [9.17, 15) is 4.79 Å². The molecule has 2 aromatic heterocycles. The van der Waals surface area contributed by atoms with Gasteiger partial charge in [-0.05, 0) is 46.3 Å². The SMILES string of the molecule is O=c1c2cc(Br)ccc2nc2ccc(Br)cn12. The number of nitrogens with zero attached hydrogens (tertiary/aromatic N) is 2. The lowest BCUT2D eigenvalue weighted by Crippen LogP contribution is -2.14. The van der Waals surface area contributed by atoms with Crippen LogP contribution in [0.15, 0.2) is 50.3 Å². The van der Waals surface area contributed by atoms with Gasteiger partial charge in [-0.25, -0.2) is 4.98 Å². The molecule has 0 bridgehead atoms. The molecule has 0 N–H and O–H groups in total. The number of hydrogen-bond acceptors (Lipinski definition) is 2. The monoisotopic (exact) mass is 352 g/mol. The van der Waals surface area contributed by atoms with Crippen molar-refractivity contribution < 1.29 is 0 Å². The van der Waals surface area contributed by atoms with Gasteiger partial charge in [0, 0.05) is 15.1 Å². The van der Waals surface area contributed by atoms with Crippen molar-refractivity contribution in [1.29, 1.82) is 0 Å². The van der Waals surface area contributed by atoms with E-state index in [1.54, 1.807) is 16.7 Å². The Balaban J connectivity index is 2.58. The Hall–Kier alpha value is -1.20. The Kier molecular flexibility index (Phi) is 2.52. The van der Waals surface area contributed by atoms with E-state index in [1.807, 2.05) is 24.3 Å². The van der Waals surface area contributed by atoms with E-state index in [4.69, 9.17) is 0 Å². The van der Waals surface area contributed by atoms with Crippen LogP contribution in [0.25, 0.3) is 16.6 Å². The minimum Gasteiger partial charge on any atom is -0.268 e. The van der Waals surface area contributed by atoms with Crippen LogP contribution in [0.4, 0.5) is 0 Å². The zero-order valence-electron chi connectivity index (χ0n) is 8.52. The highest BCUT2D eigenvalue weighted by Crippen LogP contribution is 2.17. The Morgan fingerprint density at radius 2 is 1.82 bits per heavy atom. The van der Waals surface area contributed by atoms with Gasteiger partial charge in [0.1, 0.15) is 5.65 Å². The fraction of sp³-hybridized carbons (Fsp3) is 0. The first kappa shape index (κ1) is 10.9. The lowest BCUT2D eigenvalue weighted by atomic mass is 10.2. The van der Waals surface area contributed by atoms with Gasteiger partial charge in [0.2, 0.25) is 0 Å². The van der Waals surface area contributed by atoms with Gasteiger partial charge < -0.3 is 0 Å². The predicted molar refractivity (Wildman–Crippen MR) is 74.4 cm³/mol. The van der Waals surface area contributed by atoms with Gasteiger partial charge >= 0.3 is 0 Å². The summed E-state index contributed by atoms with van der Waals surface area (Å²) < 4.78 is 3.26. The average molecular weight is 354 g/mol. The van der Waals surface area contributed by atoms with Crippen LogP contribution in [-0.2, 0) is 0 Å². The lowest BCUT2D eigenvalue weighted by molar-refractivity contribution is 1.07. The van der Waals surface area contributed by atoms with Gasteiger partial charge in [-0.1, -0.05) is 15.9 Å². The molecular formula is C12H6Br2N2O. The van der Waals surface area contributed by atoms with Gasteiger partial charge in [0.15, 0.2) is 0 Å². The van der Waals surface area contributed by atoms with E-state index in [0.717, 1.165) is 8.95 Å². The molecule has 0 amide bonds. The fourth-order valence-corrected chi connectivity index (χ4v) is 2.45. The van der Waals surface area contributed by atoms with Crippen molar-refractivity contribution in [2.24, 2.45) is 0 Å². The van der Waals surface area contributed by atoms with E-state index < -0.39 is 0 Å². The summed E-state index contributed by atoms with van der Waals surface area (Å²) in [5.41, 5.74) is 1.29. The van der Waals surface area contributed by atoms with Crippen molar-refractivity contribution in [2.75, 3.05) is 0 Å². The molecule has 84 valence electrons. The maximum atomic E-state index is 12.3. The minimum atomic E-state index is -0.0624. The van der Waals surface area contributed by atoms with E-state index in [0.29, 0.717) is 16.6 Å². The average Bonchev–Trinajstić information content (AvgIpc) is 2.32. The van der Waals surface area contributed by atoms with E-state index in [2.05, 4.69) is 36.8 Å². The summed E-state index contributed by atoms with van der Waals surface area (Å²) in [5, 5.41) is 0.606. The Morgan fingerprint density at radius 1 is 1.06 bits per heavy atom. The number of hydrogen-bond donors (Lipinski definition) is 0. The molecule has 0 radical (unpaired) electrons. The topological polar surface area (TPSA) is 34.4 Å². The van der Waals surface area contributed by atoms with Crippen LogP contribution in [0.1, 0.15) is 0 Å². The van der Waals surface area contributed by atoms with Gasteiger partial charge in [0.05, 0.1) is 10.9 Å². The summed E-state index contributed by atoms with van der Waals surface area (Å²) in [6.45, 7) is 0. The second-order valence-corrected chi connectivity index (χ2v) is 5.49. The molecular weight excluding hydrogens is 348 g/mol. The normalized spacial score (nSPS) is 11.2. The van der Waals surface area contributed by atoms with Crippen LogP contribution in [0.3, 0.4) is 0 Å². The molecule has 0 spiro atoms. The zero-order chi connectivity index (χ0) is 12.0. The predicted octanol–water partition coefficient (Wildman–Crippen LogP) is 3.37. The first-order valence-corrected chi connectivity index (χ1v) is 6.51. The van der Waals surface area contributed by atoms with Gasteiger partial charge in [-0.3, -0.25) is 9.20 Å². The van der Waals surface area contributed by atoms with Crippen molar-refractivity contribution >= 4 is 48.4 Å². The number of halogens is 2. The minimum absolute atomic E-state index is 0.0624. The zero-order valence-corrected chi connectivity index (χ0v) is 11.7. The van der Waals surface area contributed by atoms with Crippen molar-refractivity contribution in [2.45, 2.75) is 0 Å². The molecule has 3 aromatic rings. The molecule has 0 saturated heterocycles. The third-order valence-corrected chi connectivity index (χ3v) is 3.50.